The fraction of sp³-hybridized carbons (Fsp3) is 0.812. The van der Waals surface area contributed by atoms with Crippen molar-refractivity contribution >= 4 is 29.9 Å². The lowest BCUT2D eigenvalue weighted by molar-refractivity contribution is 0.203. The molecule has 1 aliphatic heterocycles. The lowest BCUT2D eigenvalue weighted by Gasteiger charge is -2.33. The van der Waals surface area contributed by atoms with E-state index < -0.39 is 0 Å². The van der Waals surface area contributed by atoms with Gasteiger partial charge in [-0.3, -0.25) is 4.99 Å². The lowest BCUT2D eigenvalue weighted by Crippen LogP contribution is -2.41. The van der Waals surface area contributed by atoms with Crippen LogP contribution < -0.4 is 5.32 Å². The minimum Gasteiger partial charge on any atom is -0.349 e. The average molecular weight is 432 g/mol. The van der Waals surface area contributed by atoms with Crippen molar-refractivity contribution in [3.63, 3.8) is 0 Å². The van der Waals surface area contributed by atoms with Gasteiger partial charge in [0.05, 0.1) is 6.54 Å². The summed E-state index contributed by atoms with van der Waals surface area (Å²) in [5.74, 6) is 1.98. The molecule has 0 amide bonds. The molecule has 2 aliphatic rings. The topological polar surface area (TPSA) is 58.3 Å². The molecule has 1 spiro atoms. The largest absolute Gasteiger partial charge is 0.349 e. The first-order valence-corrected chi connectivity index (χ1v) is 8.59. The van der Waals surface area contributed by atoms with Gasteiger partial charge in [-0.2, -0.15) is 0 Å². The second-order valence-electron chi connectivity index (χ2n) is 6.67. The Balaban J connectivity index is 0.00000192. The van der Waals surface area contributed by atoms with E-state index in [0.29, 0.717) is 12.0 Å². The summed E-state index contributed by atoms with van der Waals surface area (Å²) in [6, 6.07) is 0. The first-order valence-electron chi connectivity index (χ1n) is 8.59. The molecule has 1 N–H and O–H groups in total. The quantitative estimate of drug-likeness (QED) is 0.453. The van der Waals surface area contributed by atoms with Gasteiger partial charge in [-0.1, -0.05) is 19.3 Å². The third-order valence-corrected chi connectivity index (χ3v) is 5.30. The first kappa shape index (κ1) is 18.5. The van der Waals surface area contributed by atoms with Crippen LogP contribution >= 0.6 is 24.0 Å². The molecule has 2 heterocycles. The smallest absolute Gasteiger partial charge is 0.194 e. The highest BCUT2D eigenvalue weighted by Gasteiger charge is 2.39. The molecular weight excluding hydrogens is 403 g/mol. The van der Waals surface area contributed by atoms with Gasteiger partial charge < -0.3 is 14.8 Å². The van der Waals surface area contributed by atoms with E-state index in [-0.39, 0.29) is 24.0 Å². The Hall–Kier alpha value is -0.860. The van der Waals surface area contributed by atoms with Crippen molar-refractivity contribution in [2.45, 2.75) is 58.5 Å². The van der Waals surface area contributed by atoms with E-state index >= 15 is 0 Å². The van der Waals surface area contributed by atoms with Crippen molar-refractivity contribution in [3.05, 3.63) is 12.2 Å². The predicted molar refractivity (Wildman–Crippen MR) is 103 cm³/mol. The van der Waals surface area contributed by atoms with Gasteiger partial charge in [0, 0.05) is 26.7 Å². The Morgan fingerprint density at radius 3 is 2.78 bits per heavy atom. The van der Waals surface area contributed by atoms with Crippen LogP contribution in [0.3, 0.4) is 0 Å². The van der Waals surface area contributed by atoms with E-state index in [4.69, 9.17) is 0 Å². The molecule has 130 valence electrons. The zero-order chi connectivity index (χ0) is 15.4. The number of aromatic nitrogens is 3. The maximum absolute atomic E-state index is 4.48. The molecule has 0 bridgehead atoms. The highest BCUT2D eigenvalue weighted by Crippen LogP contribution is 2.43. The van der Waals surface area contributed by atoms with Crippen LogP contribution in [0.1, 0.15) is 51.3 Å². The number of likely N-dealkylation sites (tertiary alicyclic amines) is 1. The van der Waals surface area contributed by atoms with Gasteiger partial charge >= 0.3 is 0 Å². The predicted octanol–water partition coefficient (Wildman–Crippen LogP) is 2.65. The third kappa shape index (κ3) is 4.16. The van der Waals surface area contributed by atoms with Crippen LogP contribution in [-0.4, -0.2) is 45.8 Å². The van der Waals surface area contributed by atoms with Gasteiger partial charge in [0.1, 0.15) is 6.33 Å². The molecule has 7 heteroatoms. The molecule has 1 aromatic rings. The summed E-state index contributed by atoms with van der Waals surface area (Å²) in [4.78, 5) is 6.91. The molecule has 0 unspecified atom stereocenters. The van der Waals surface area contributed by atoms with E-state index in [1.165, 1.54) is 38.5 Å². The Bertz CT molecular complexity index is 520. The number of hydrogen-bond donors (Lipinski definition) is 1. The highest BCUT2D eigenvalue weighted by molar-refractivity contribution is 14.0. The third-order valence-electron chi connectivity index (χ3n) is 5.30. The molecule has 0 radical (unpaired) electrons. The molecule has 1 aromatic heterocycles. The van der Waals surface area contributed by atoms with Crippen molar-refractivity contribution in [1.29, 1.82) is 0 Å². The molecule has 1 aliphatic carbocycles. The van der Waals surface area contributed by atoms with E-state index in [9.17, 15) is 0 Å². The van der Waals surface area contributed by atoms with Gasteiger partial charge in [-0.15, -0.1) is 34.2 Å². The average Bonchev–Trinajstić information content (AvgIpc) is 3.16. The van der Waals surface area contributed by atoms with Gasteiger partial charge in [-0.05, 0) is 31.6 Å². The standard InChI is InChI=1S/C16H28N6.HI/c1-3-21-13-19-20-14(21)11-18-15(17-2)22-10-9-16(12-22)7-5-4-6-8-16;/h13H,3-12H2,1-2H3,(H,17,18);1H. The SMILES string of the molecule is CCn1cnnc1CNC(=NC)N1CCC2(CCCCC2)C1.I. The Morgan fingerprint density at radius 2 is 2.09 bits per heavy atom. The second-order valence-corrected chi connectivity index (χ2v) is 6.67. The van der Waals surface area contributed by atoms with Crippen LogP contribution in [0.25, 0.3) is 0 Å². The van der Waals surface area contributed by atoms with E-state index in [1.807, 2.05) is 7.05 Å². The molecule has 1 saturated carbocycles. The Morgan fingerprint density at radius 1 is 1.30 bits per heavy atom. The summed E-state index contributed by atoms with van der Waals surface area (Å²) in [5.41, 5.74) is 0.555. The number of rotatable bonds is 3. The molecule has 23 heavy (non-hydrogen) atoms. The maximum Gasteiger partial charge on any atom is 0.194 e. The fourth-order valence-electron chi connectivity index (χ4n) is 4.00. The zero-order valence-electron chi connectivity index (χ0n) is 14.3. The molecular formula is C16H29IN6. The number of hydrogen-bond acceptors (Lipinski definition) is 3. The summed E-state index contributed by atoms with van der Waals surface area (Å²) in [6.07, 6.45) is 10.1. The number of nitrogens with zero attached hydrogens (tertiary/aromatic N) is 5. The van der Waals surface area contributed by atoms with Crippen LogP contribution in [0, 0.1) is 5.41 Å². The molecule has 6 nitrogen and oxygen atoms in total. The number of guanidine groups is 1. The van der Waals surface area contributed by atoms with Gasteiger partial charge in [0.15, 0.2) is 11.8 Å². The minimum absolute atomic E-state index is 0. The van der Waals surface area contributed by atoms with Crippen LogP contribution in [-0.2, 0) is 13.1 Å². The van der Waals surface area contributed by atoms with Crippen molar-refractivity contribution < 1.29 is 0 Å². The highest BCUT2D eigenvalue weighted by atomic mass is 127. The Kier molecular flexibility index (Phi) is 6.67. The van der Waals surface area contributed by atoms with Gasteiger partial charge in [0.25, 0.3) is 0 Å². The van der Waals surface area contributed by atoms with E-state index in [2.05, 4.69) is 36.9 Å². The van der Waals surface area contributed by atoms with E-state index in [0.717, 1.165) is 31.4 Å². The number of nitrogens with one attached hydrogen (secondary N) is 1. The summed E-state index contributed by atoms with van der Waals surface area (Å²) in [7, 11) is 1.87. The summed E-state index contributed by atoms with van der Waals surface area (Å²) < 4.78 is 2.06. The van der Waals surface area contributed by atoms with Crippen molar-refractivity contribution in [2.75, 3.05) is 20.1 Å². The zero-order valence-corrected chi connectivity index (χ0v) is 16.6. The molecule has 1 saturated heterocycles. The molecule has 3 rings (SSSR count). The van der Waals surface area contributed by atoms with Gasteiger partial charge in [0.2, 0.25) is 0 Å². The van der Waals surface area contributed by atoms with Gasteiger partial charge in [-0.25, -0.2) is 0 Å². The number of aliphatic imine (C=N–C) groups is 1. The van der Waals surface area contributed by atoms with Crippen LogP contribution in [0.2, 0.25) is 0 Å². The molecule has 2 fully saturated rings. The number of aryl methyl sites for hydroxylation is 1. The lowest BCUT2D eigenvalue weighted by atomic mass is 9.73. The summed E-state index contributed by atoms with van der Waals surface area (Å²) >= 11 is 0. The minimum atomic E-state index is 0. The fourth-order valence-corrected chi connectivity index (χ4v) is 4.00. The Labute approximate surface area is 156 Å². The second kappa shape index (κ2) is 8.30. The van der Waals surface area contributed by atoms with Crippen molar-refractivity contribution in [3.8, 4) is 0 Å². The normalized spacial score (nSPS) is 20.6. The molecule has 0 aromatic carbocycles. The van der Waals surface area contributed by atoms with Crippen molar-refractivity contribution in [2.24, 2.45) is 10.4 Å². The first-order chi connectivity index (χ1) is 10.8. The molecule has 0 atom stereocenters. The summed E-state index contributed by atoms with van der Waals surface area (Å²) in [6.45, 7) is 5.97. The van der Waals surface area contributed by atoms with Crippen LogP contribution in [0.4, 0.5) is 0 Å². The van der Waals surface area contributed by atoms with E-state index in [1.54, 1.807) is 6.33 Å². The monoisotopic (exact) mass is 432 g/mol. The van der Waals surface area contributed by atoms with Crippen molar-refractivity contribution in [1.82, 2.24) is 25.0 Å². The number of halogens is 1. The maximum atomic E-state index is 4.48. The summed E-state index contributed by atoms with van der Waals surface area (Å²) in [5, 5.41) is 11.6. The van der Waals surface area contributed by atoms with Crippen LogP contribution in [0.5, 0.6) is 0 Å². The van der Waals surface area contributed by atoms with Crippen LogP contribution in [0.15, 0.2) is 11.3 Å².